The Morgan fingerprint density at radius 3 is 1.64 bits per heavy atom. The summed E-state index contributed by atoms with van der Waals surface area (Å²) in [6.45, 7) is 13.9. The molecule has 0 aromatic carbocycles. The predicted octanol–water partition coefficient (Wildman–Crippen LogP) is 3.79. The van der Waals surface area contributed by atoms with Crippen LogP contribution in [-0.2, 0) is 0 Å². The van der Waals surface area contributed by atoms with Crippen LogP contribution in [-0.4, -0.2) is 12.8 Å². The fourth-order valence-electron chi connectivity index (χ4n) is 0.204. The van der Waals surface area contributed by atoms with Crippen LogP contribution in [0.15, 0.2) is 24.8 Å². The van der Waals surface area contributed by atoms with Gasteiger partial charge in [-0.05, 0) is 19.6 Å². The van der Waals surface area contributed by atoms with Gasteiger partial charge in [-0.3, -0.25) is 0 Å². The van der Waals surface area contributed by atoms with Crippen molar-refractivity contribution in [2.75, 3.05) is 6.54 Å². The molecule has 0 radical (unpaired) electrons. The van der Waals surface area contributed by atoms with Gasteiger partial charge in [-0.25, -0.2) is 0 Å². The topological polar surface area (TPSA) is 49.9 Å². The fourth-order valence-corrected chi connectivity index (χ4v) is 0.204. The molecule has 0 unspecified atom stereocenters. The summed E-state index contributed by atoms with van der Waals surface area (Å²) in [6, 6.07) is 0. The second-order valence-electron chi connectivity index (χ2n) is 1.53. The lowest BCUT2D eigenvalue weighted by Crippen LogP contribution is -1.90. The molecule has 86 valence electrons. The lowest BCUT2D eigenvalue weighted by molar-refractivity contribution is 1.26. The smallest absolute Gasteiger partial charge is 0.0104 e. The zero-order valence-corrected chi connectivity index (χ0v) is 10.5. The molecule has 0 spiro atoms. The third-order valence-corrected chi connectivity index (χ3v) is 0.656. The molecule has 14 heavy (non-hydrogen) atoms. The highest BCUT2D eigenvalue weighted by Gasteiger charge is 1.59. The number of rotatable bonds is 3. The van der Waals surface area contributed by atoms with Crippen LogP contribution >= 0.6 is 0 Å². The molecule has 0 fully saturated rings. The molecule has 0 aliphatic carbocycles. The van der Waals surface area contributed by atoms with Gasteiger partial charge in [0.1, 0.15) is 0 Å². The minimum Gasteiger partial charge on any atom is -0.327 e. The molecule has 0 saturated heterocycles. The molecule has 0 rings (SSSR count). The molecule has 0 bridgehead atoms. The number of hydrogen-bond donors (Lipinski definition) is 2. The summed E-state index contributed by atoms with van der Waals surface area (Å²) in [5.74, 6) is 0. The van der Waals surface area contributed by atoms with Crippen molar-refractivity contribution in [1.29, 1.82) is 5.41 Å². The molecule has 0 amide bonds. The molecule has 2 heteroatoms. The molecular weight excluding hydrogens is 172 g/mol. The Bertz CT molecular complexity index is 96.5. The third kappa shape index (κ3) is 117. The van der Waals surface area contributed by atoms with Crippen molar-refractivity contribution in [2.24, 2.45) is 5.73 Å². The van der Waals surface area contributed by atoms with Gasteiger partial charge in [0.05, 0.1) is 0 Å². The average molecular weight is 200 g/mol. The van der Waals surface area contributed by atoms with Gasteiger partial charge in [0, 0.05) is 6.54 Å². The lowest BCUT2D eigenvalue weighted by atomic mass is 10.4. The maximum atomic E-state index is 6.53. The summed E-state index contributed by atoms with van der Waals surface area (Å²) in [4.78, 5) is 0. The highest BCUT2D eigenvalue weighted by molar-refractivity contribution is 5.55. The zero-order chi connectivity index (χ0) is 12.2. The van der Waals surface area contributed by atoms with Crippen molar-refractivity contribution in [3.63, 3.8) is 0 Å². The van der Waals surface area contributed by atoms with Gasteiger partial charge in [0.25, 0.3) is 0 Å². The SMILES string of the molecule is C/C=C/CC=N.C=CCN.CC.CC. The number of hydrogen-bond acceptors (Lipinski definition) is 2. The van der Waals surface area contributed by atoms with E-state index in [1.165, 1.54) is 6.21 Å². The normalized spacial score (nSPS) is 6.71. The van der Waals surface area contributed by atoms with Gasteiger partial charge in [-0.2, -0.15) is 0 Å². The largest absolute Gasteiger partial charge is 0.327 e. The molecule has 0 heterocycles. The maximum Gasteiger partial charge on any atom is 0.0104 e. The Morgan fingerprint density at radius 2 is 1.57 bits per heavy atom. The summed E-state index contributed by atoms with van der Waals surface area (Å²) < 4.78 is 0. The van der Waals surface area contributed by atoms with Crippen LogP contribution in [0.1, 0.15) is 41.0 Å². The Balaban J connectivity index is -0.0000000546. The molecule has 0 aromatic rings. The van der Waals surface area contributed by atoms with Crippen molar-refractivity contribution in [3.8, 4) is 0 Å². The van der Waals surface area contributed by atoms with Crippen LogP contribution in [0, 0.1) is 5.41 Å². The molecule has 2 nitrogen and oxygen atoms in total. The molecule has 0 atom stereocenters. The van der Waals surface area contributed by atoms with E-state index >= 15 is 0 Å². The number of nitrogens with one attached hydrogen (secondary N) is 1. The first kappa shape index (κ1) is 23.2. The highest BCUT2D eigenvalue weighted by atomic mass is 14.5. The van der Waals surface area contributed by atoms with Crippen LogP contribution in [0.25, 0.3) is 0 Å². The molecule has 3 N–H and O–H groups in total. The molecule has 0 saturated carbocycles. The van der Waals surface area contributed by atoms with E-state index in [0.29, 0.717) is 6.54 Å². The Morgan fingerprint density at radius 1 is 1.21 bits per heavy atom. The van der Waals surface area contributed by atoms with Gasteiger partial charge in [0.2, 0.25) is 0 Å². The van der Waals surface area contributed by atoms with E-state index in [4.69, 9.17) is 11.1 Å². The van der Waals surface area contributed by atoms with Gasteiger partial charge in [0.15, 0.2) is 0 Å². The summed E-state index contributed by atoms with van der Waals surface area (Å²) in [5, 5.41) is 6.53. The van der Waals surface area contributed by atoms with Crippen molar-refractivity contribution in [3.05, 3.63) is 24.8 Å². The summed E-state index contributed by atoms with van der Waals surface area (Å²) in [5.41, 5.74) is 4.91. The Kier molecular flexibility index (Phi) is 94.7. The van der Waals surface area contributed by atoms with Crippen molar-refractivity contribution in [2.45, 2.75) is 41.0 Å². The van der Waals surface area contributed by atoms with Gasteiger partial charge < -0.3 is 11.1 Å². The zero-order valence-electron chi connectivity index (χ0n) is 10.5. The van der Waals surface area contributed by atoms with Crippen LogP contribution in [0.4, 0.5) is 0 Å². The fraction of sp³-hybridized carbons (Fsp3) is 0.583. The van der Waals surface area contributed by atoms with Crippen molar-refractivity contribution < 1.29 is 0 Å². The van der Waals surface area contributed by atoms with E-state index in [9.17, 15) is 0 Å². The second-order valence-corrected chi connectivity index (χ2v) is 1.53. The van der Waals surface area contributed by atoms with E-state index < -0.39 is 0 Å². The Labute approximate surface area is 90.4 Å². The second kappa shape index (κ2) is 57.2. The average Bonchev–Trinajstić information content (AvgIpc) is 2.32. The highest BCUT2D eigenvalue weighted by Crippen LogP contribution is 1.72. The minimum atomic E-state index is 0.583. The van der Waals surface area contributed by atoms with E-state index in [1.807, 2.05) is 46.8 Å². The first-order chi connectivity index (χ1) is 6.83. The summed E-state index contributed by atoms with van der Waals surface area (Å²) >= 11 is 0. The molecule has 0 aromatic heterocycles. The molecule has 0 aliphatic rings. The van der Waals surface area contributed by atoms with Gasteiger partial charge in [-0.15, -0.1) is 6.58 Å². The summed E-state index contributed by atoms with van der Waals surface area (Å²) in [7, 11) is 0. The van der Waals surface area contributed by atoms with Crippen molar-refractivity contribution in [1.82, 2.24) is 0 Å². The van der Waals surface area contributed by atoms with Crippen LogP contribution in [0.5, 0.6) is 0 Å². The number of nitrogens with two attached hydrogens (primary N) is 1. The van der Waals surface area contributed by atoms with Crippen LogP contribution < -0.4 is 5.73 Å². The maximum absolute atomic E-state index is 6.53. The van der Waals surface area contributed by atoms with Crippen LogP contribution in [0.2, 0.25) is 0 Å². The van der Waals surface area contributed by atoms with Gasteiger partial charge in [-0.1, -0.05) is 45.9 Å². The molecule has 0 aliphatic heterocycles. The third-order valence-electron chi connectivity index (χ3n) is 0.656. The molecular formula is C12H28N2. The standard InChI is InChI=1S/C5H9N.C3H7N.2C2H6/c1-2-3-4-5-6;1-2-3-4;2*1-2/h2-3,5-6H,4H2,1H3;2H,1,3-4H2;2*1-2H3/b3-2+,6-5?;;;. The van der Waals surface area contributed by atoms with E-state index in [0.717, 1.165) is 6.42 Å². The number of allylic oxidation sites excluding steroid dienone is 2. The first-order valence-electron chi connectivity index (χ1n) is 5.24. The van der Waals surface area contributed by atoms with E-state index in [1.54, 1.807) is 6.08 Å². The summed E-state index contributed by atoms with van der Waals surface area (Å²) in [6.07, 6.45) is 7.68. The quantitative estimate of drug-likeness (QED) is 0.528. The first-order valence-corrected chi connectivity index (χ1v) is 5.24. The monoisotopic (exact) mass is 200 g/mol. The minimum absolute atomic E-state index is 0.583. The lowest BCUT2D eigenvalue weighted by Gasteiger charge is -1.68. The predicted molar refractivity (Wildman–Crippen MR) is 70.2 cm³/mol. The van der Waals surface area contributed by atoms with Crippen LogP contribution in [0.3, 0.4) is 0 Å². The Hall–Kier alpha value is -0.890. The van der Waals surface area contributed by atoms with E-state index in [-0.39, 0.29) is 0 Å². The van der Waals surface area contributed by atoms with Gasteiger partial charge >= 0.3 is 0 Å². The van der Waals surface area contributed by atoms with Crippen molar-refractivity contribution >= 4 is 6.21 Å². The van der Waals surface area contributed by atoms with E-state index in [2.05, 4.69) is 6.58 Å².